The maximum absolute atomic E-state index is 11.2. The second-order valence-corrected chi connectivity index (χ2v) is 4.28. The van der Waals surface area contributed by atoms with Gasteiger partial charge in [0.2, 0.25) is 0 Å². The van der Waals surface area contributed by atoms with Crippen LogP contribution < -0.4 is 5.73 Å². The Morgan fingerprint density at radius 1 is 1.60 bits per heavy atom. The topological polar surface area (TPSA) is 52.3 Å². The molecule has 0 fully saturated rings. The summed E-state index contributed by atoms with van der Waals surface area (Å²) < 4.78 is 4.60. The van der Waals surface area contributed by atoms with Gasteiger partial charge < -0.3 is 10.5 Å². The first-order chi connectivity index (χ1) is 7.19. The molecule has 0 atom stereocenters. The number of benzene rings is 1. The molecule has 2 N–H and O–H groups in total. The highest BCUT2D eigenvalue weighted by atomic mass is 127. The van der Waals surface area contributed by atoms with Gasteiger partial charge in [-0.15, -0.1) is 0 Å². The summed E-state index contributed by atoms with van der Waals surface area (Å²) in [5, 5.41) is 2.81. The maximum atomic E-state index is 11.2. The second kappa shape index (κ2) is 5.88. The molecular weight excluding hydrogens is 325 g/mol. The fourth-order valence-corrected chi connectivity index (χ4v) is 1.46. The van der Waals surface area contributed by atoms with Crippen molar-refractivity contribution < 1.29 is 9.53 Å². The number of ether oxygens (including phenoxy) is 1. The molecule has 0 bridgehead atoms. The molecule has 0 aromatic heterocycles. The van der Waals surface area contributed by atoms with Crippen molar-refractivity contribution >= 4 is 41.8 Å². The van der Waals surface area contributed by atoms with E-state index in [0.29, 0.717) is 16.8 Å². The van der Waals surface area contributed by atoms with Crippen LogP contribution in [-0.2, 0) is 4.74 Å². The van der Waals surface area contributed by atoms with Crippen molar-refractivity contribution in [2.24, 2.45) is 0 Å². The SMILES string of the molecule is COC(=O)c1ccc(N)c(C#CSI)c1. The molecule has 0 spiro atoms. The minimum absolute atomic E-state index is 0.389. The normalized spacial score (nSPS) is 8.93. The Morgan fingerprint density at radius 2 is 2.33 bits per heavy atom. The first-order valence-corrected chi connectivity index (χ1v) is 7.31. The zero-order chi connectivity index (χ0) is 11.3. The van der Waals surface area contributed by atoms with Crippen LogP contribution in [0.15, 0.2) is 18.2 Å². The van der Waals surface area contributed by atoms with Crippen LogP contribution in [0.4, 0.5) is 5.69 Å². The zero-order valence-electron chi connectivity index (χ0n) is 7.91. The lowest BCUT2D eigenvalue weighted by Gasteiger charge is -2.02. The fourth-order valence-electron chi connectivity index (χ4n) is 0.984. The second-order valence-electron chi connectivity index (χ2n) is 2.60. The largest absolute Gasteiger partial charge is 0.465 e. The molecule has 0 saturated carbocycles. The number of anilines is 1. The highest BCUT2D eigenvalue weighted by molar-refractivity contribution is 14.2. The van der Waals surface area contributed by atoms with E-state index in [4.69, 9.17) is 5.73 Å². The van der Waals surface area contributed by atoms with Gasteiger partial charge in [-0.2, -0.15) is 0 Å². The molecule has 0 aliphatic carbocycles. The molecule has 5 heteroatoms. The van der Waals surface area contributed by atoms with Crippen LogP contribution in [0.3, 0.4) is 0 Å². The highest BCUT2D eigenvalue weighted by Crippen LogP contribution is 2.15. The molecular formula is C10H8INO2S. The molecule has 1 aromatic carbocycles. The lowest BCUT2D eigenvalue weighted by molar-refractivity contribution is 0.0601. The van der Waals surface area contributed by atoms with Gasteiger partial charge >= 0.3 is 5.97 Å². The standard InChI is InChI=1S/C10H8INO2S/c1-14-10(13)8-2-3-9(12)7(6-8)4-5-15-11/h2-3,6H,12H2,1H3. The summed E-state index contributed by atoms with van der Waals surface area (Å²) in [7, 11) is 2.70. The molecule has 0 heterocycles. The minimum Gasteiger partial charge on any atom is -0.465 e. The third-order valence-electron chi connectivity index (χ3n) is 1.70. The fraction of sp³-hybridized carbons (Fsp3) is 0.100. The van der Waals surface area contributed by atoms with Gasteiger partial charge in [0.05, 0.1) is 12.7 Å². The number of hydrogen-bond acceptors (Lipinski definition) is 4. The van der Waals surface area contributed by atoms with E-state index in [1.165, 1.54) is 16.0 Å². The molecule has 0 saturated heterocycles. The predicted molar refractivity (Wildman–Crippen MR) is 70.7 cm³/mol. The van der Waals surface area contributed by atoms with Crippen molar-refractivity contribution in [3.63, 3.8) is 0 Å². The number of methoxy groups -OCH3 is 1. The smallest absolute Gasteiger partial charge is 0.337 e. The Bertz CT molecular complexity index is 437. The Hall–Kier alpha value is -0.870. The maximum Gasteiger partial charge on any atom is 0.337 e. The van der Waals surface area contributed by atoms with Gasteiger partial charge in [-0.25, -0.2) is 4.79 Å². The third kappa shape index (κ3) is 3.32. The highest BCUT2D eigenvalue weighted by Gasteiger charge is 2.06. The van der Waals surface area contributed by atoms with Crippen LogP contribution in [0.5, 0.6) is 0 Å². The van der Waals surface area contributed by atoms with Gasteiger partial charge in [-0.3, -0.25) is 0 Å². The van der Waals surface area contributed by atoms with Gasteiger partial charge in [-0.1, -0.05) is 5.92 Å². The van der Waals surface area contributed by atoms with Crippen LogP contribution in [0.1, 0.15) is 15.9 Å². The van der Waals surface area contributed by atoms with Crippen LogP contribution in [0, 0.1) is 11.2 Å². The van der Waals surface area contributed by atoms with E-state index in [9.17, 15) is 4.79 Å². The molecule has 0 aliphatic heterocycles. The van der Waals surface area contributed by atoms with Crippen molar-refractivity contribution in [3.05, 3.63) is 29.3 Å². The van der Waals surface area contributed by atoms with E-state index in [1.54, 1.807) is 18.2 Å². The Balaban J connectivity index is 3.10. The molecule has 0 aliphatic rings. The number of nitrogens with two attached hydrogens (primary N) is 1. The van der Waals surface area contributed by atoms with Gasteiger partial charge in [-0.05, 0) is 32.4 Å². The lowest BCUT2D eigenvalue weighted by Crippen LogP contribution is -2.02. The minimum atomic E-state index is -0.389. The Labute approximate surface area is 104 Å². The summed E-state index contributed by atoms with van der Waals surface area (Å²) in [6.07, 6.45) is 0. The quantitative estimate of drug-likeness (QED) is 0.371. The number of nitrogen functional groups attached to an aromatic ring is 1. The zero-order valence-corrected chi connectivity index (χ0v) is 10.9. The van der Waals surface area contributed by atoms with Gasteiger partial charge in [0.1, 0.15) is 0 Å². The van der Waals surface area contributed by atoms with E-state index in [0.717, 1.165) is 0 Å². The number of rotatable bonds is 1. The summed E-state index contributed by atoms with van der Waals surface area (Å²) in [6.45, 7) is 0. The summed E-state index contributed by atoms with van der Waals surface area (Å²) in [4.78, 5) is 11.2. The average molecular weight is 333 g/mol. The van der Waals surface area contributed by atoms with E-state index in [2.05, 4.69) is 37.1 Å². The Kier molecular flexibility index (Phi) is 4.78. The molecule has 78 valence electrons. The average Bonchev–Trinajstić information content (AvgIpc) is 2.27. The summed E-state index contributed by atoms with van der Waals surface area (Å²) in [5.74, 6) is 2.47. The summed E-state index contributed by atoms with van der Waals surface area (Å²) in [6, 6.07) is 4.89. The molecule has 1 rings (SSSR count). The number of carbonyl (C=O) groups is 1. The molecule has 0 unspecified atom stereocenters. The van der Waals surface area contributed by atoms with E-state index in [1.807, 2.05) is 0 Å². The monoisotopic (exact) mass is 333 g/mol. The Morgan fingerprint density at radius 3 is 2.93 bits per heavy atom. The molecule has 0 amide bonds. The van der Waals surface area contributed by atoms with Gasteiger partial charge in [0, 0.05) is 32.5 Å². The van der Waals surface area contributed by atoms with Gasteiger partial charge in [0.15, 0.2) is 0 Å². The lowest BCUT2D eigenvalue weighted by atomic mass is 10.1. The molecule has 0 radical (unpaired) electrons. The van der Waals surface area contributed by atoms with Crippen molar-refractivity contribution in [1.29, 1.82) is 0 Å². The van der Waals surface area contributed by atoms with Crippen molar-refractivity contribution in [3.8, 4) is 11.2 Å². The van der Waals surface area contributed by atoms with Crippen LogP contribution in [0.2, 0.25) is 0 Å². The first-order valence-electron chi connectivity index (χ1n) is 3.95. The predicted octanol–water partition coefficient (Wildman–Crippen LogP) is 2.45. The molecule has 15 heavy (non-hydrogen) atoms. The molecule has 1 aromatic rings. The van der Waals surface area contributed by atoms with E-state index >= 15 is 0 Å². The number of esters is 1. The van der Waals surface area contributed by atoms with Crippen molar-refractivity contribution in [2.75, 3.05) is 12.8 Å². The van der Waals surface area contributed by atoms with Gasteiger partial charge in [0.25, 0.3) is 0 Å². The number of halogens is 1. The van der Waals surface area contributed by atoms with Crippen molar-refractivity contribution in [1.82, 2.24) is 0 Å². The van der Waals surface area contributed by atoms with Crippen LogP contribution in [0.25, 0.3) is 0 Å². The van der Waals surface area contributed by atoms with Crippen LogP contribution >= 0.6 is 30.1 Å². The van der Waals surface area contributed by atoms with Crippen LogP contribution in [-0.4, -0.2) is 13.1 Å². The first kappa shape index (κ1) is 12.2. The number of hydrogen-bond donors (Lipinski definition) is 1. The van der Waals surface area contributed by atoms with Crippen molar-refractivity contribution in [2.45, 2.75) is 0 Å². The summed E-state index contributed by atoms with van der Waals surface area (Å²) in [5.41, 5.74) is 7.36. The summed E-state index contributed by atoms with van der Waals surface area (Å²) >= 11 is 2.07. The van der Waals surface area contributed by atoms with E-state index < -0.39 is 0 Å². The van der Waals surface area contributed by atoms with E-state index in [-0.39, 0.29) is 5.97 Å². The number of carbonyl (C=O) groups excluding carboxylic acids is 1. The molecule has 3 nitrogen and oxygen atoms in total. The third-order valence-corrected chi connectivity index (χ3v) is 2.54.